The number of aromatic nitrogens is 1. The number of pyridine rings is 1. The van der Waals surface area contributed by atoms with Crippen molar-refractivity contribution in [1.29, 1.82) is 0 Å². The molecule has 5 heteroatoms. The SMILES string of the molecule is O=C(Nc1cccc(CNc2ccnc(Cl)c2)c1)C1CCCC1. The number of anilines is 2. The van der Waals surface area contributed by atoms with Gasteiger partial charge < -0.3 is 10.6 Å². The number of benzene rings is 1. The van der Waals surface area contributed by atoms with Gasteiger partial charge in [0.15, 0.2) is 0 Å². The van der Waals surface area contributed by atoms with E-state index >= 15 is 0 Å². The summed E-state index contributed by atoms with van der Waals surface area (Å²) < 4.78 is 0. The highest BCUT2D eigenvalue weighted by atomic mass is 35.5. The van der Waals surface area contributed by atoms with Gasteiger partial charge in [-0.15, -0.1) is 0 Å². The first-order valence-corrected chi connectivity index (χ1v) is 8.34. The van der Waals surface area contributed by atoms with Crippen LogP contribution >= 0.6 is 11.6 Å². The van der Waals surface area contributed by atoms with E-state index in [0.29, 0.717) is 11.7 Å². The van der Waals surface area contributed by atoms with Crippen molar-refractivity contribution in [2.45, 2.75) is 32.2 Å². The van der Waals surface area contributed by atoms with E-state index in [-0.39, 0.29) is 11.8 Å². The molecule has 120 valence electrons. The summed E-state index contributed by atoms with van der Waals surface area (Å²) in [6.07, 6.45) is 6.02. The molecule has 1 amide bonds. The number of halogens is 1. The van der Waals surface area contributed by atoms with Crippen molar-refractivity contribution in [3.8, 4) is 0 Å². The minimum atomic E-state index is 0.147. The molecule has 1 saturated carbocycles. The van der Waals surface area contributed by atoms with Crippen LogP contribution in [0, 0.1) is 5.92 Å². The highest BCUT2D eigenvalue weighted by Crippen LogP contribution is 2.26. The molecular formula is C18H20ClN3O. The maximum absolute atomic E-state index is 12.2. The average molecular weight is 330 g/mol. The molecule has 4 nitrogen and oxygen atoms in total. The third-order valence-corrected chi connectivity index (χ3v) is 4.35. The van der Waals surface area contributed by atoms with Crippen molar-refractivity contribution in [3.63, 3.8) is 0 Å². The third kappa shape index (κ3) is 4.45. The first-order chi connectivity index (χ1) is 11.2. The fourth-order valence-corrected chi connectivity index (χ4v) is 3.08. The second-order valence-corrected chi connectivity index (χ2v) is 6.28. The van der Waals surface area contributed by atoms with Crippen molar-refractivity contribution in [2.24, 2.45) is 5.92 Å². The summed E-state index contributed by atoms with van der Waals surface area (Å²) >= 11 is 5.87. The standard InChI is InChI=1S/C18H20ClN3O/c19-17-11-15(8-9-20-17)21-12-13-4-3-7-16(10-13)22-18(23)14-5-1-2-6-14/h3-4,7-11,14H,1-2,5-6,12H2,(H,20,21)(H,22,23). The number of nitrogens with one attached hydrogen (secondary N) is 2. The van der Waals surface area contributed by atoms with Gasteiger partial charge in [0.2, 0.25) is 5.91 Å². The number of carbonyl (C=O) groups excluding carboxylic acids is 1. The van der Waals surface area contributed by atoms with Gasteiger partial charge in [0.05, 0.1) is 0 Å². The Kier molecular flexibility index (Phi) is 5.13. The van der Waals surface area contributed by atoms with Crippen molar-refractivity contribution in [2.75, 3.05) is 10.6 Å². The summed E-state index contributed by atoms with van der Waals surface area (Å²) in [4.78, 5) is 16.2. The molecule has 2 aromatic rings. The van der Waals surface area contributed by atoms with Gasteiger partial charge in [-0.05, 0) is 42.7 Å². The zero-order valence-corrected chi connectivity index (χ0v) is 13.6. The van der Waals surface area contributed by atoms with Crippen LogP contribution in [0.1, 0.15) is 31.2 Å². The van der Waals surface area contributed by atoms with Crippen LogP contribution in [0.2, 0.25) is 5.15 Å². The van der Waals surface area contributed by atoms with E-state index in [0.717, 1.165) is 42.6 Å². The van der Waals surface area contributed by atoms with Crippen LogP contribution in [-0.2, 0) is 11.3 Å². The molecular weight excluding hydrogens is 310 g/mol. The minimum absolute atomic E-state index is 0.147. The second-order valence-electron chi connectivity index (χ2n) is 5.89. The quantitative estimate of drug-likeness (QED) is 0.795. The number of hydrogen-bond acceptors (Lipinski definition) is 3. The Morgan fingerprint density at radius 1 is 1.17 bits per heavy atom. The minimum Gasteiger partial charge on any atom is -0.381 e. The fourth-order valence-electron chi connectivity index (χ4n) is 2.91. The first kappa shape index (κ1) is 15.8. The first-order valence-electron chi connectivity index (χ1n) is 7.96. The Hall–Kier alpha value is -2.07. The number of nitrogens with zero attached hydrogens (tertiary/aromatic N) is 1. The summed E-state index contributed by atoms with van der Waals surface area (Å²) in [5, 5.41) is 6.80. The van der Waals surface area contributed by atoms with Gasteiger partial charge in [0, 0.05) is 30.0 Å². The number of carbonyl (C=O) groups is 1. The molecule has 0 aliphatic heterocycles. The van der Waals surface area contributed by atoms with Gasteiger partial charge in [0.25, 0.3) is 0 Å². The lowest BCUT2D eigenvalue weighted by Gasteiger charge is -2.12. The summed E-state index contributed by atoms with van der Waals surface area (Å²) in [5.41, 5.74) is 2.88. The second kappa shape index (κ2) is 7.47. The van der Waals surface area contributed by atoms with Crippen LogP contribution in [0.25, 0.3) is 0 Å². The molecule has 0 radical (unpaired) electrons. The van der Waals surface area contributed by atoms with Gasteiger partial charge in [-0.3, -0.25) is 4.79 Å². The van der Waals surface area contributed by atoms with Gasteiger partial charge in [-0.2, -0.15) is 0 Å². The molecule has 0 atom stereocenters. The molecule has 0 spiro atoms. The fraction of sp³-hybridized carbons (Fsp3) is 0.333. The van der Waals surface area contributed by atoms with Crippen LogP contribution < -0.4 is 10.6 Å². The lowest BCUT2D eigenvalue weighted by atomic mass is 10.1. The van der Waals surface area contributed by atoms with E-state index in [1.807, 2.05) is 30.3 Å². The third-order valence-electron chi connectivity index (χ3n) is 4.14. The van der Waals surface area contributed by atoms with Crippen molar-refractivity contribution in [3.05, 3.63) is 53.3 Å². The average Bonchev–Trinajstić information content (AvgIpc) is 3.08. The van der Waals surface area contributed by atoms with E-state index in [1.165, 1.54) is 0 Å². The van der Waals surface area contributed by atoms with Crippen LogP contribution in [0.3, 0.4) is 0 Å². The molecule has 1 aliphatic carbocycles. The molecule has 0 bridgehead atoms. The van der Waals surface area contributed by atoms with Crippen LogP contribution in [0.4, 0.5) is 11.4 Å². The maximum atomic E-state index is 12.2. The summed E-state index contributed by atoms with van der Waals surface area (Å²) in [6.45, 7) is 0.660. The monoisotopic (exact) mass is 329 g/mol. The Morgan fingerprint density at radius 3 is 2.78 bits per heavy atom. The molecule has 1 aliphatic rings. The van der Waals surface area contributed by atoms with E-state index in [9.17, 15) is 4.79 Å². The smallest absolute Gasteiger partial charge is 0.227 e. The Balaban J connectivity index is 1.59. The van der Waals surface area contributed by atoms with Gasteiger partial charge in [0.1, 0.15) is 5.15 Å². The normalized spacial score (nSPS) is 14.7. The molecule has 1 fully saturated rings. The van der Waals surface area contributed by atoms with E-state index in [1.54, 1.807) is 12.3 Å². The van der Waals surface area contributed by atoms with Crippen molar-refractivity contribution < 1.29 is 4.79 Å². The van der Waals surface area contributed by atoms with E-state index < -0.39 is 0 Å². The van der Waals surface area contributed by atoms with Crippen LogP contribution in [0.5, 0.6) is 0 Å². The lowest BCUT2D eigenvalue weighted by Crippen LogP contribution is -2.20. The largest absolute Gasteiger partial charge is 0.381 e. The van der Waals surface area contributed by atoms with Crippen LogP contribution in [-0.4, -0.2) is 10.9 Å². The predicted molar refractivity (Wildman–Crippen MR) is 93.6 cm³/mol. The topological polar surface area (TPSA) is 54.0 Å². The predicted octanol–water partition coefficient (Wildman–Crippen LogP) is 4.48. The number of rotatable bonds is 5. The van der Waals surface area contributed by atoms with Gasteiger partial charge >= 0.3 is 0 Å². The molecule has 1 aromatic carbocycles. The molecule has 23 heavy (non-hydrogen) atoms. The molecule has 0 unspecified atom stereocenters. The summed E-state index contributed by atoms with van der Waals surface area (Å²) in [6, 6.07) is 11.6. The Labute approximate surface area is 141 Å². The van der Waals surface area contributed by atoms with E-state index in [4.69, 9.17) is 11.6 Å². The lowest BCUT2D eigenvalue weighted by molar-refractivity contribution is -0.119. The Morgan fingerprint density at radius 2 is 2.00 bits per heavy atom. The van der Waals surface area contributed by atoms with Crippen LogP contribution in [0.15, 0.2) is 42.6 Å². The molecule has 1 heterocycles. The molecule has 0 saturated heterocycles. The molecule has 2 N–H and O–H groups in total. The van der Waals surface area contributed by atoms with Crippen molar-refractivity contribution in [1.82, 2.24) is 4.98 Å². The van der Waals surface area contributed by atoms with Gasteiger partial charge in [-0.25, -0.2) is 4.98 Å². The number of amides is 1. The van der Waals surface area contributed by atoms with E-state index in [2.05, 4.69) is 15.6 Å². The molecule has 1 aromatic heterocycles. The Bertz CT molecular complexity index is 683. The van der Waals surface area contributed by atoms with Gasteiger partial charge in [-0.1, -0.05) is 36.6 Å². The van der Waals surface area contributed by atoms with Crippen molar-refractivity contribution >= 4 is 28.9 Å². The zero-order valence-electron chi connectivity index (χ0n) is 12.9. The summed E-state index contributed by atoms with van der Waals surface area (Å²) in [5.74, 6) is 0.323. The maximum Gasteiger partial charge on any atom is 0.227 e. The highest BCUT2D eigenvalue weighted by molar-refractivity contribution is 6.29. The zero-order chi connectivity index (χ0) is 16.1. The molecule has 3 rings (SSSR count). The summed E-state index contributed by atoms with van der Waals surface area (Å²) in [7, 11) is 0. The number of hydrogen-bond donors (Lipinski definition) is 2. The highest BCUT2D eigenvalue weighted by Gasteiger charge is 2.22.